The third-order valence-corrected chi connectivity index (χ3v) is 3.31. The summed E-state index contributed by atoms with van der Waals surface area (Å²) in [4.78, 5) is 0.380. The lowest BCUT2D eigenvalue weighted by atomic mass is 10.1. The first-order valence-electron chi connectivity index (χ1n) is 4.72. The van der Waals surface area contributed by atoms with E-state index in [1.165, 1.54) is 0 Å². The number of rotatable bonds is 4. The molecule has 0 saturated carbocycles. The molecule has 1 rings (SSSR count). The lowest BCUT2D eigenvalue weighted by Gasteiger charge is -2.07. The Morgan fingerprint density at radius 3 is 2.71 bits per heavy atom. The molecule has 1 atom stereocenters. The molecular weight excluding hydrogens is 250 g/mol. The Morgan fingerprint density at radius 1 is 1.36 bits per heavy atom. The molecule has 0 aliphatic carbocycles. The minimum Gasteiger partial charge on any atom is -0.204 e. The van der Waals surface area contributed by atoms with Crippen molar-refractivity contribution in [3.05, 3.63) is 35.4 Å². The van der Waals surface area contributed by atoms with Crippen LogP contribution in [-0.2, 0) is 6.42 Å². The largest absolute Gasteiger partial charge is 0.204 e. The molecule has 0 aliphatic rings. The van der Waals surface area contributed by atoms with E-state index in [9.17, 15) is 8.78 Å². The van der Waals surface area contributed by atoms with Crippen LogP contribution in [0.5, 0.6) is 0 Å². The Kier molecular flexibility index (Phi) is 4.52. The first kappa shape index (κ1) is 11.6. The molecule has 0 spiro atoms. The van der Waals surface area contributed by atoms with Crippen LogP contribution in [0.2, 0.25) is 0 Å². The molecule has 1 aromatic carbocycles. The maximum atomic E-state index is 13.2. The summed E-state index contributed by atoms with van der Waals surface area (Å²) in [6.45, 7) is 2.06. The molecule has 0 radical (unpaired) electrons. The van der Waals surface area contributed by atoms with E-state index in [0.29, 0.717) is 16.8 Å². The van der Waals surface area contributed by atoms with E-state index in [2.05, 4.69) is 22.9 Å². The number of aryl methyl sites for hydroxylation is 1. The molecule has 0 fully saturated rings. The highest BCUT2D eigenvalue weighted by Crippen LogP contribution is 2.17. The van der Waals surface area contributed by atoms with E-state index in [0.717, 1.165) is 18.9 Å². The van der Waals surface area contributed by atoms with Crippen LogP contribution in [0.25, 0.3) is 0 Å². The van der Waals surface area contributed by atoms with Gasteiger partial charge in [-0.25, -0.2) is 8.78 Å². The summed E-state index contributed by atoms with van der Waals surface area (Å²) in [5.41, 5.74) is 0.461. The van der Waals surface area contributed by atoms with Crippen LogP contribution in [0, 0.1) is 11.6 Å². The van der Waals surface area contributed by atoms with Crippen molar-refractivity contribution in [2.45, 2.75) is 31.0 Å². The zero-order valence-corrected chi connectivity index (χ0v) is 9.65. The van der Waals surface area contributed by atoms with Gasteiger partial charge in [0, 0.05) is 4.83 Å². The summed E-state index contributed by atoms with van der Waals surface area (Å²) >= 11 is 3.46. The molecule has 0 aromatic heterocycles. The molecule has 0 N–H and O–H groups in total. The first-order valence-corrected chi connectivity index (χ1v) is 5.63. The summed E-state index contributed by atoms with van der Waals surface area (Å²) in [6.07, 6.45) is 2.40. The van der Waals surface area contributed by atoms with Gasteiger partial charge in [0.1, 0.15) is 0 Å². The molecule has 0 bridgehead atoms. The number of hydrogen-bond acceptors (Lipinski definition) is 0. The molecule has 0 amide bonds. The fourth-order valence-electron chi connectivity index (χ4n) is 1.26. The van der Waals surface area contributed by atoms with Crippen LogP contribution in [0.4, 0.5) is 8.78 Å². The van der Waals surface area contributed by atoms with Crippen molar-refractivity contribution in [3.63, 3.8) is 0 Å². The Labute approximate surface area is 91.5 Å². The maximum absolute atomic E-state index is 13.2. The highest BCUT2D eigenvalue weighted by molar-refractivity contribution is 9.09. The van der Waals surface area contributed by atoms with Crippen molar-refractivity contribution >= 4 is 15.9 Å². The summed E-state index contributed by atoms with van der Waals surface area (Å²) in [7, 11) is 0. The molecule has 1 unspecified atom stereocenters. The van der Waals surface area contributed by atoms with Crippen LogP contribution in [-0.4, -0.2) is 4.83 Å². The fourth-order valence-corrected chi connectivity index (χ4v) is 1.49. The van der Waals surface area contributed by atoms with Gasteiger partial charge < -0.3 is 0 Å². The maximum Gasteiger partial charge on any atom is 0.162 e. The minimum atomic E-state index is -0.759. The fraction of sp³-hybridized carbons (Fsp3) is 0.455. The third kappa shape index (κ3) is 3.05. The van der Waals surface area contributed by atoms with Crippen LogP contribution in [0.3, 0.4) is 0 Å². The monoisotopic (exact) mass is 262 g/mol. The van der Waals surface area contributed by atoms with Crippen molar-refractivity contribution < 1.29 is 8.78 Å². The summed E-state index contributed by atoms with van der Waals surface area (Å²) in [6, 6.07) is 4.32. The van der Waals surface area contributed by atoms with E-state index in [-0.39, 0.29) is 0 Å². The highest BCUT2D eigenvalue weighted by atomic mass is 79.9. The smallest absolute Gasteiger partial charge is 0.162 e. The summed E-state index contributed by atoms with van der Waals surface area (Å²) < 4.78 is 26.0. The van der Waals surface area contributed by atoms with Gasteiger partial charge >= 0.3 is 0 Å². The van der Waals surface area contributed by atoms with Crippen molar-refractivity contribution in [3.8, 4) is 0 Å². The second kappa shape index (κ2) is 5.44. The Bertz CT molecular complexity index is 299. The SMILES string of the molecule is CCC(Br)CCc1cccc(F)c1F. The number of alkyl halides is 1. The normalized spacial score (nSPS) is 12.9. The predicted molar refractivity (Wildman–Crippen MR) is 57.7 cm³/mol. The molecule has 3 heteroatoms. The third-order valence-electron chi connectivity index (χ3n) is 2.20. The molecule has 0 heterocycles. The number of halogens is 3. The lowest BCUT2D eigenvalue weighted by molar-refractivity contribution is 0.496. The second-order valence-electron chi connectivity index (χ2n) is 3.26. The standard InChI is InChI=1S/C11H13BrF2/c1-2-9(12)7-6-8-4-3-5-10(13)11(8)14/h3-5,9H,2,6-7H2,1H3. The summed E-state index contributed by atoms with van der Waals surface area (Å²) in [5, 5.41) is 0. The van der Waals surface area contributed by atoms with Gasteiger partial charge in [-0.05, 0) is 30.9 Å². The van der Waals surface area contributed by atoms with Crippen molar-refractivity contribution in [2.75, 3.05) is 0 Å². The van der Waals surface area contributed by atoms with Crippen LogP contribution in [0.1, 0.15) is 25.3 Å². The van der Waals surface area contributed by atoms with E-state index in [4.69, 9.17) is 0 Å². The summed E-state index contributed by atoms with van der Waals surface area (Å²) in [5.74, 6) is -1.46. The van der Waals surface area contributed by atoms with Crippen LogP contribution < -0.4 is 0 Å². The Balaban J connectivity index is 2.63. The van der Waals surface area contributed by atoms with Gasteiger partial charge in [-0.2, -0.15) is 0 Å². The van der Waals surface area contributed by atoms with E-state index < -0.39 is 11.6 Å². The number of benzene rings is 1. The van der Waals surface area contributed by atoms with Crippen molar-refractivity contribution in [1.29, 1.82) is 0 Å². The molecule has 0 aliphatic heterocycles. The average molecular weight is 263 g/mol. The quantitative estimate of drug-likeness (QED) is 0.718. The number of hydrogen-bond donors (Lipinski definition) is 0. The van der Waals surface area contributed by atoms with Crippen molar-refractivity contribution in [2.24, 2.45) is 0 Å². The first-order chi connectivity index (χ1) is 6.65. The topological polar surface area (TPSA) is 0 Å². The van der Waals surface area contributed by atoms with Gasteiger partial charge in [0.15, 0.2) is 11.6 Å². The van der Waals surface area contributed by atoms with Crippen LogP contribution >= 0.6 is 15.9 Å². The van der Waals surface area contributed by atoms with Gasteiger partial charge in [0.05, 0.1) is 0 Å². The van der Waals surface area contributed by atoms with Crippen LogP contribution in [0.15, 0.2) is 18.2 Å². The van der Waals surface area contributed by atoms with Gasteiger partial charge in [0.25, 0.3) is 0 Å². The van der Waals surface area contributed by atoms with Gasteiger partial charge in [-0.3, -0.25) is 0 Å². The van der Waals surface area contributed by atoms with E-state index in [1.54, 1.807) is 12.1 Å². The van der Waals surface area contributed by atoms with E-state index >= 15 is 0 Å². The molecule has 78 valence electrons. The Hall–Kier alpha value is -0.440. The highest BCUT2D eigenvalue weighted by Gasteiger charge is 2.08. The van der Waals surface area contributed by atoms with Crippen molar-refractivity contribution in [1.82, 2.24) is 0 Å². The van der Waals surface area contributed by atoms with Gasteiger partial charge in [-0.15, -0.1) is 0 Å². The second-order valence-corrected chi connectivity index (χ2v) is 4.55. The zero-order valence-electron chi connectivity index (χ0n) is 8.06. The minimum absolute atomic E-state index is 0.380. The van der Waals surface area contributed by atoms with Gasteiger partial charge in [-0.1, -0.05) is 35.0 Å². The molecule has 1 aromatic rings. The predicted octanol–water partition coefficient (Wildman–Crippen LogP) is 4.07. The molecule has 0 saturated heterocycles. The average Bonchev–Trinajstić information content (AvgIpc) is 2.20. The zero-order chi connectivity index (χ0) is 10.6. The molecule has 0 nitrogen and oxygen atoms in total. The molecular formula is C11H13BrF2. The Morgan fingerprint density at radius 2 is 2.07 bits per heavy atom. The van der Waals surface area contributed by atoms with Gasteiger partial charge in [0.2, 0.25) is 0 Å². The van der Waals surface area contributed by atoms with E-state index in [1.807, 2.05) is 0 Å². The lowest BCUT2D eigenvalue weighted by Crippen LogP contribution is -2.00. The molecule has 14 heavy (non-hydrogen) atoms.